The van der Waals surface area contributed by atoms with E-state index in [-0.39, 0.29) is 0 Å². The second kappa shape index (κ2) is 4.79. The summed E-state index contributed by atoms with van der Waals surface area (Å²) in [5.41, 5.74) is 0.974. The van der Waals surface area contributed by atoms with E-state index in [0.717, 1.165) is 15.9 Å². The highest BCUT2D eigenvalue weighted by molar-refractivity contribution is 9.10. The van der Waals surface area contributed by atoms with E-state index in [9.17, 15) is 0 Å². The van der Waals surface area contributed by atoms with Gasteiger partial charge in [0, 0.05) is 25.0 Å². The van der Waals surface area contributed by atoms with Crippen LogP contribution in [0.5, 0.6) is 11.5 Å². The summed E-state index contributed by atoms with van der Waals surface area (Å²) in [4.78, 5) is 4.30. The molecule has 0 aliphatic carbocycles. The molecule has 4 nitrogen and oxygen atoms in total. The lowest BCUT2D eigenvalue weighted by atomic mass is 10.2. The summed E-state index contributed by atoms with van der Waals surface area (Å²) in [5.74, 6) is 2.25. The van der Waals surface area contributed by atoms with E-state index in [4.69, 9.17) is 9.47 Å². The molecule has 17 heavy (non-hydrogen) atoms. The van der Waals surface area contributed by atoms with Gasteiger partial charge in [-0.1, -0.05) is 0 Å². The molecule has 0 amide bonds. The van der Waals surface area contributed by atoms with Crippen molar-refractivity contribution in [2.75, 3.05) is 14.2 Å². The Bertz CT molecular complexity index is 537. The predicted molar refractivity (Wildman–Crippen MR) is 69.4 cm³/mol. The van der Waals surface area contributed by atoms with Crippen LogP contribution in [0.4, 0.5) is 0 Å². The van der Waals surface area contributed by atoms with E-state index < -0.39 is 0 Å². The first-order valence-electron chi connectivity index (χ1n) is 5.06. The van der Waals surface area contributed by atoms with Crippen molar-refractivity contribution in [2.45, 2.75) is 0 Å². The third kappa shape index (κ3) is 2.15. The van der Waals surface area contributed by atoms with Crippen LogP contribution in [0.25, 0.3) is 11.4 Å². The maximum Gasteiger partial charge on any atom is 0.174 e. The highest BCUT2D eigenvalue weighted by Crippen LogP contribution is 2.38. The van der Waals surface area contributed by atoms with Gasteiger partial charge >= 0.3 is 0 Å². The SMILES string of the molecule is COc1cc(-c2nccn2C)cc(Br)c1OC. The van der Waals surface area contributed by atoms with Crippen molar-refractivity contribution >= 4 is 15.9 Å². The Kier molecular flexibility index (Phi) is 3.38. The number of nitrogens with zero attached hydrogens (tertiary/aromatic N) is 2. The maximum atomic E-state index is 5.30. The second-order valence-electron chi connectivity index (χ2n) is 3.56. The van der Waals surface area contributed by atoms with Crippen LogP contribution in [0, 0.1) is 0 Å². The minimum Gasteiger partial charge on any atom is -0.493 e. The zero-order chi connectivity index (χ0) is 12.4. The Morgan fingerprint density at radius 2 is 2.00 bits per heavy atom. The van der Waals surface area contributed by atoms with Gasteiger partial charge in [-0.25, -0.2) is 4.98 Å². The zero-order valence-corrected chi connectivity index (χ0v) is 11.5. The van der Waals surface area contributed by atoms with E-state index in [2.05, 4.69) is 20.9 Å². The van der Waals surface area contributed by atoms with Gasteiger partial charge in [0.05, 0.1) is 18.7 Å². The van der Waals surface area contributed by atoms with E-state index in [1.54, 1.807) is 20.4 Å². The average Bonchev–Trinajstić information content (AvgIpc) is 2.74. The lowest BCUT2D eigenvalue weighted by Crippen LogP contribution is -1.95. The highest BCUT2D eigenvalue weighted by Gasteiger charge is 2.13. The number of aryl methyl sites for hydroxylation is 1. The summed E-state index contributed by atoms with van der Waals surface area (Å²) in [5, 5.41) is 0. The minimum atomic E-state index is 0.680. The lowest BCUT2D eigenvalue weighted by Gasteiger charge is -2.11. The number of hydrogen-bond donors (Lipinski definition) is 0. The van der Waals surface area contributed by atoms with Crippen LogP contribution < -0.4 is 9.47 Å². The number of methoxy groups -OCH3 is 2. The summed E-state index contributed by atoms with van der Waals surface area (Å²) < 4.78 is 13.4. The Hall–Kier alpha value is -1.49. The molecule has 0 saturated heterocycles. The summed E-state index contributed by atoms with van der Waals surface area (Å²) in [6, 6.07) is 3.87. The van der Waals surface area contributed by atoms with Gasteiger partial charge in [0.1, 0.15) is 5.82 Å². The number of hydrogen-bond acceptors (Lipinski definition) is 3. The standard InChI is InChI=1S/C12H13BrN2O2/c1-15-5-4-14-12(15)8-6-9(13)11(17-3)10(7-8)16-2/h4-7H,1-3H3. The topological polar surface area (TPSA) is 36.3 Å². The van der Waals surface area contributed by atoms with E-state index in [0.29, 0.717) is 11.5 Å². The molecule has 0 radical (unpaired) electrons. The average molecular weight is 297 g/mol. The van der Waals surface area contributed by atoms with Gasteiger partial charge < -0.3 is 14.0 Å². The molecule has 0 aliphatic rings. The smallest absolute Gasteiger partial charge is 0.174 e. The summed E-state index contributed by atoms with van der Waals surface area (Å²) in [7, 11) is 5.18. The molecule has 1 aromatic heterocycles. The second-order valence-corrected chi connectivity index (χ2v) is 4.41. The molecule has 0 N–H and O–H groups in total. The third-order valence-corrected chi connectivity index (χ3v) is 3.10. The molecule has 0 bridgehead atoms. The first-order valence-corrected chi connectivity index (χ1v) is 5.86. The zero-order valence-electron chi connectivity index (χ0n) is 9.90. The van der Waals surface area contributed by atoms with Crippen molar-refractivity contribution in [3.8, 4) is 22.9 Å². The molecule has 0 saturated carbocycles. The predicted octanol–water partition coefficient (Wildman–Crippen LogP) is 2.87. The summed E-state index contributed by atoms with van der Waals surface area (Å²) >= 11 is 3.47. The largest absolute Gasteiger partial charge is 0.493 e. The highest BCUT2D eigenvalue weighted by atomic mass is 79.9. The van der Waals surface area contributed by atoms with Gasteiger partial charge in [-0.3, -0.25) is 0 Å². The van der Waals surface area contributed by atoms with Crippen molar-refractivity contribution in [1.29, 1.82) is 0 Å². The third-order valence-electron chi connectivity index (χ3n) is 2.51. The molecule has 2 aromatic rings. The van der Waals surface area contributed by atoms with Gasteiger partial charge in [-0.05, 0) is 28.1 Å². The summed E-state index contributed by atoms with van der Waals surface area (Å²) in [6.07, 6.45) is 3.67. The molecule has 5 heteroatoms. The van der Waals surface area contributed by atoms with E-state index in [1.807, 2.05) is 29.9 Å². The van der Waals surface area contributed by atoms with Crippen LogP contribution >= 0.6 is 15.9 Å². The van der Waals surface area contributed by atoms with Gasteiger partial charge in [0.2, 0.25) is 0 Å². The molecule has 0 spiro atoms. The number of aromatic nitrogens is 2. The Morgan fingerprint density at radius 1 is 1.24 bits per heavy atom. The van der Waals surface area contributed by atoms with E-state index >= 15 is 0 Å². The number of imidazole rings is 1. The van der Waals surface area contributed by atoms with Crippen LogP contribution in [-0.2, 0) is 7.05 Å². The Balaban J connectivity index is 2.58. The van der Waals surface area contributed by atoms with Crippen LogP contribution in [0.3, 0.4) is 0 Å². The monoisotopic (exact) mass is 296 g/mol. The molecule has 0 fully saturated rings. The fourth-order valence-electron chi connectivity index (χ4n) is 1.69. The quantitative estimate of drug-likeness (QED) is 0.874. The fourth-order valence-corrected chi connectivity index (χ4v) is 2.29. The van der Waals surface area contributed by atoms with Crippen molar-refractivity contribution in [1.82, 2.24) is 9.55 Å². The molecule has 1 aromatic carbocycles. The molecule has 0 aliphatic heterocycles. The molecule has 0 unspecified atom stereocenters. The van der Waals surface area contributed by atoms with Crippen molar-refractivity contribution in [3.05, 3.63) is 29.0 Å². The fraction of sp³-hybridized carbons (Fsp3) is 0.250. The number of benzene rings is 1. The molecule has 90 valence electrons. The lowest BCUT2D eigenvalue weighted by molar-refractivity contribution is 0.353. The van der Waals surface area contributed by atoms with Gasteiger partial charge in [-0.15, -0.1) is 0 Å². The van der Waals surface area contributed by atoms with Crippen LogP contribution in [0.1, 0.15) is 0 Å². The van der Waals surface area contributed by atoms with Gasteiger partial charge in [0.25, 0.3) is 0 Å². The van der Waals surface area contributed by atoms with Crippen molar-refractivity contribution in [3.63, 3.8) is 0 Å². The molecular weight excluding hydrogens is 284 g/mol. The van der Waals surface area contributed by atoms with Crippen LogP contribution in [0.15, 0.2) is 29.0 Å². The molecular formula is C12H13BrN2O2. The van der Waals surface area contributed by atoms with Gasteiger partial charge in [0.15, 0.2) is 11.5 Å². The molecule has 1 heterocycles. The number of halogens is 1. The maximum absolute atomic E-state index is 5.30. The van der Waals surface area contributed by atoms with E-state index in [1.165, 1.54) is 0 Å². The first kappa shape index (κ1) is 12.0. The van der Waals surface area contributed by atoms with Crippen LogP contribution in [0.2, 0.25) is 0 Å². The van der Waals surface area contributed by atoms with Crippen molar-refractivity contribution < 1.29 is 9.47 Å². The Morgan fingerprint density at radius 3 is 2.53 bits per heavy atom. The number of rotatable bonds is 3. The number of ether oxygens (including phenoxy) is 2. The molecule has 2 rings (SSSR count). The Labute approximate surface area is 108 Å². The first-order chi connectivity index (χ1) is 8.17. The normalized spacial score (nSPS) is 10.4. The molecule has 0 atom stereocenters. The van der Waals surface area contributed by atoms with Crippen molar-refractivity contribution in [2.24, 2.45) is 7.05 Å². The van der Waals surface area contributed by atoms with Gasteiger partial charge in [-0.2, -0.15) is 0 Å². The van der Waals surface area contributed by atoms with Crippen LogP contribution in [-0.4, -0.2) is 23.8 Å². The summed E-state index contributed by atoms with van der Waals surface area (Å²) in [6.45, 7) is 0. The minimum absolute atomic E-state index is 0.680.